The zero-order valence-corrected chi connectivity index (χ0v) is 33.1. The summed E-state index contributed by atoms with van der Waals surface area (Å²) in [5.41, 5.74) is 10.9. The SMILES string of the molecule is CCCCCCc1ccc(-n2c3c4ccccc4sc3c3sc4c(sc5c6sc7ccccc7c6n(-c6ccc(CCCCCC)cc6)c54)c32)cc1. The lowest BCUT2D eigenvalue weighted by Gasteiger charge is -2.09. The van der Waals surface area contributed by atoms with Gasteiger partial charge in [-0.25, -0.2) is 0 Å². The molecule has 0 radical (unpaired) electrons. The number of hydrogen-bond donors (Lipinski definition) is 0. The molecule has 4 aromatic carbocycles. The Labute approximate surface area is 320 Å². The zero-order chi connectivity index (χ0) is 34.8. The molecule has 0 saturated heterocycles. The van der Waals surface area contributed by atoms with Crippen LogP contribution >= 0.6 is 45.3 Å². The molecule has 6 aromatic heterocycles. The number of fused-ring (bicyclic) bond motifs is 13. The van der Waals surface area contributed by atoms with Gasteiger partial charge >= 0.3 is 0 Å². The lowest BCUT2D eigenvalue weighted by molar-refractivity contribution is 0.667. The fourth-order valence-electron chi connectivity index (χ4n) is 8.32. The van der Waals surface area contributed by atoms with Gasteiger partial charge < -0.3 is 9.13 Å². The minimum Gasteiger partial charge on any atom is -0.305 e. The van der Waals surface area contributed by atoms with Crippen molar-refractivity contribution in [1.29, 1.82) is 0 Å². The van der Waals surface area contributed by atoms with Crippen molar-refractivity contribution < 1.29 is 0 Å². The Morgan fingerprint density at radius 2 is 0.769 bits per heavy atom. The normalized spacial score (nSPS) is 12.4. The Balaban J connectivity index is 1.20. The van der Waals surface area contributed by atoms with Crippen LogP contribution in [0.3, 0.4) is 0 Å². The number of aryl methyl sites for hydroxylation is 2. The van der Waals surface area contributed by atoms with E-state index in [4.69, 9.17) is 0 Å². The van der Waals surface area contributed by atoms with E-state index in [1.807, 2.05) is 45.3 Å². The van der Waals surface area contributed by atoms with Crippen LogP contribution in [0.15, 0.2) is 97.1 Å². The Morgan fingerprint density at radius 1 is 0.385 bits per heavy atom. The van der Waals surface area contributed by atoms with Crippen molar-refractivity contribution in [2.75, 3.05) is 0 Å². The van der Waals surface area contributed by atoms with E-state index in [1.54, 1.807) is 0 Å². The first-order valence-electron chi connectivity index (χ1n) is 19.1. The predicted octanol–water partition coefficient (Wildman–Crippen LogP) is 15.8. The van der Waals surface area contributed by atoms with E-state index in [2.05, 4.69) is 120 Å². The Morgan fingerprint density at radius 3 is 1.17 bits per heavy atom. The number of benzene rings is 4. The predicted molar refractivity (Wildman–Crippen MR) is 235 cm³/mol. The maximum absolute atomic E-state index is 2.61. The summed E-state index contributed by atoms with van der Waals surface area (Å²) in [4.78, 5) is 0. The van der Waals surface area contributed by atoms with E-state index in [1.165, 1.54) is 144 Å². The third kappa shape index (κ3) is 5.20. The second kappa shape index (κ2) is 13.5. The summed E-state index contributed by atoms with van der Waals surface area (Å²) >= 11 is 7.94. The fourth-order valence-corrected chi connectivity index (χ4v) is 13.8. The Hall–Kier alpha value is -3.94. The Bertz CT molecular complexity index is 2670. The molecule has 0 spiro atoms. The first-order chi connectivity index (χ1) is 25.7. The number of rotatable bonds is 12. The molecule has 0 aliphatic heterocycles. The maximum atomic E-state index is 2.61. The van der Waals surface area contributed by atoms with Gasteiger partial charge in [0.25, 0.3) is 0 Å². The van der Waals surface area contributed by atoms with E-state index < -0.39 is 0 Å². The molecule has 260 valence electrons. The van der Waals surface area contributed by atoms with Crippen LogP contribution in [0.25, 0.3) is 81.8 Å². The van der Waals surface area contributed by atoms with E-state index in [0.717, 1.165) is 12.8 Å². The smallest absolute Gasteiger partial charge is 0.0838 e. The van der Waals surface area contributed by atoms with E-state index in [0.29, 0.717) is 0 Å². The molecule has 0 N–H and O–H groups in total. The van der Waals surface area contributed by atoms with Crippen molar-refractivity contribution in [3.63, 3.8) is 0 Å². The molecule has 10 rings (SSSR count). The van der Waals surface area contributed by atoms with Crippen molar-refractivity contribution in [3.05, 3.63) is 108 Å². The second-order valence-corrected chi connectivity index (χ2v) is 18.5. The number of thiophene rings is 4. The van der Waals surface area contributed by atoms with Gasteiger partial charge in [0, 0.05) is 31.5 Å². The molecule has 0 aliphatic carbocycles. The van der Waals surface area contributed by atoms with Crippen molar-refractivity contribution >= 4 is 116 Å². The number of aromatic nitrogens is 2. The van der Waals surface area contributed by atoms with Crippen LogP contribution in [0.5, 0.6) is 0 Å². The van der Waals surface area contributed by atoms with Crippen LogP contribution in [-0.2, 0) is 12.8 Å². The van der Waals surface area contributed by atoms with Crippen molar-refractivity contribution in [2.24, 2.45) is 0 Å². The van der Waals surface area contributed by atoms with Crippen LogP contribution in [0.2, 0.25) is 0 Å². The average molecular weight is 751 g/mol. The summed E-state index contributed by atoms with van der Waals surface area (Å²) in [7, 11) is 0. The summed E-state index contributed by atoms with van der Waals surface area (Å²) in [6, 6.07) is 37.0. The molecular weight excluding hydrogens is 709 g/mol. The monoisotopic (exact) mass is 750 g/mol. The van der Waals surface area contributed by atoms with Crippen LogP contribution in [-0.4, -0.2) is 9.13 Å². The maximum Gasteiger partial charge on any atom is 0.0838 e. The molecule has 10 aromatic rings. The Kier molecular flexibility index (Phi) is 8.47. The zero-order valence-electron chi connectivity index (χ0n) is 29.8. The average Bonchev–Trinajstić information content (AvgIpc) is 4.00. The molecule has 6 heteroatoms. The van der Waals surface area contributed by atoms with Gasteiger partial charge in [-0.2, -0.15) is 0 Å². The number of unbranched alkanes of at least 4 members (excludes halogenated alkanes) is 6. The van der Waals surface area contributed by atoms with Gasteiger partial charge in [0.15, 0.2) is 0 Å². The first-order valence-corrected chi connectivity index (χ1v) is 22.4. The van der Waals surface area contributed by atoms with Crippen molar-refractivity contribution in [3.8, 4) is 11.4 Å². The third-order valence-corrected chi connectivity index (χ3v) is 16.1. The largest absolute Gasteiger partial charge is 0.305 e. The van der Waals surface area contributed by atoms with Gasteiger partial charge in [0.1, 0.15) is 0 Å². The lowest BCUT2D eigenvalue weighted by Crippen LogP contribution is -1.95. The molecule has 52 heavy (non-hydrogen) atoms. The topological polar surface area (TPSA) is 9.86 Å². The van der Waals surface area contributed by atoms with Crippen molar-refractivity contribution in [2.45, 2.75) is 78.1 Å². The van der Waals surface area contributed by atoms with Crippen molar-refractivity contribution in [1.82, 2.24) is 9.13 Å². The standard InChI is InChI=1S/C46H42N2S4/c1-3-5-7-9-15-29-21-25-31(26-22-29)47-37-33-17-11-13-19-35(33)49-41(37)43-39(47)45-46(51-43)40-44(52-45)42-38(34-18-12-14-20-36(34)50-42)48(40)32-27-23-30(24-28-32)16-10-8-6-4-2/h11-14,17-28H,3-10,15-16H2,1-2H3. The van der Waals surface area contributed by atoms with Crippen LogP contribution in [0, 0.1) is 0 Å². The molecule has 0 unspecified atom stereocenters. The molecule has 0 saturated carbocycles. The molecule has 0 amide bonds. The molecule has 0 aliphatic rings. The van der Waals surface area contributed by atoms with Gasteiger partial charge in [-0.15, -0.1) is 45.3 Å². The third-order valence-electron chi connectivity index (χ3n) is 10.9. The molecule has 0 atom stereocenters. The minimum absolute atomic E-state index is 1.16. The summed E-state index contributed by atoms with van der Waals surface area (Å²) in [5.74, 6) is 0. The highest BCUT2D eigenvalue weighted by molar-refractivity contribution is 7.41. The number of nitrogens with zero attached hydrogens (tertiary/aromatic N) is 2. The van der Waals surface area contributed by atoms with Gasteiger partial charge in [-0.05, 0) is 73.2 Å². The lowest BCUT2D eigenvalue weighted by atomic mass is 10.1. The summed E-state index contributed by atoms with van der Waals surface area (Å²) in [5, 5.41) is 2.71. The van der Waals surface area contributed by atoms with Crippen LogP contribution < -0.4 is 0 Å². The fraction of sp³-hybridized carbons (Fsp3) is 0.261. The summed E-state index contributed by atoms with van der Waals surface area (Å²) in [6.45, 7) is 4.58. The minimum atomic E-state index is 1.16. The van der Waals surface area contributed by atoms with E-state index in [9.17, 15) is 0 Å². The van der Waals surface area contributed by atoms with Crippen LogP contribution in [0.1, 0.15) is 76.3 Å². The highest BCUT2D eigenvalue weighted by Gasteiger charge is 2.28. The van der Waals surface area contributed by atoms with E-state index in [-0.39, 0.29) is 0 Å². The first kappa shape index (κ1) is 32.7. The molecule has 0 bridgehead atoms. The molecular formula is C46H42N2S4. The molecule has 2 nitrogen and oxygen atoms in total. The second-order valence-electron chi connectivity index (χ2n) is 14.4. The van der Waals surface area contributed by atoms with Crippen LogP contribution in [0.4, 0.5) is 0 Å². The quantitative estimate of drug-likeness (QED) is 0.110. The molecule has 6 heterocycles. The van der Waals surface area contributed by atoms with Gasteiger partial charge in [0.2, 0.25) is 0 Å². The summed E-state index contributed by atoms with van der Waals surface area (Å²) < 4.78 is 16.5. The van der Waals surface area contributed by atoms with E-state index >= 15 is 0 Å². The van der Waals surface area contributed by atoms with Gasteiger partial charge in [0.05, 0.1) is 50.3 Å². The summed E-state index contributed by atoms with van der Waals surface area (Å²) in [6.07, 6.45) is 12.7. The molecule has 0 fully saturated rings. The van der Waals surface area contributed by atoms with Gasteiger partial charge in [-0.1, -0.05) is 113 Å². The van der Waals surface area contributed by atoms with Gasteiger partial charge in [-0.3, -0.25) is 0 Å². The highest BCUT2D eigenvalue weighted by Crippen LogP contribution is 2.55. The highest BCUT2D eigenvalue weighted by atomic mass is 32.1. The number of hydrogen-bond acceptors (Lipinski definition) is 4.